The van der Waals surface area contributed by atoms with E-state index in [1.54, 1.807) is 0 Å². The van der Waals surface area contributed by atoms with Crippen molar-refractivity contribution < 1.29 is 4.39 Å². The maximum atomic E-state index is 13.4. The summed E-state index contributed by atoms with van der Waals surface area (Å²) in [4.78, 5) is 2.13. The van der Waals surface area contributed by atoms with Gasteiger partial charge in [-0.1, -0.05) is 51.4 Å². The van der Waals surface area contributed by atoms with Crippen LogP contribution in [0.25, 0.3) is 0 Å². The zero-order valence-electron chi connectivity index (χ0n) is 15.3. The smallest absolute Gasteiger partial charge is 0.196 e. The largest absolute Gasteiger partial charge is 0.353 e. The molecule has 2 saturated carbocycles. The normalized spacial score (nSPS) is 20.5. The molecule has 0 saturated heterocycles. The second-order valence-corrected chi connectivity index (χ2v) is 7.67. The van der Waals surface area contributed by atoms with Crippen molar-refractivity contribution in [1.82, 2.24) is 5.32 Å². The van der Waals surface area contributed by atoms with Crippen molar-refractivity contribution in [2.45, 2.75) is 89.1 Å². The van der Waals surface area contributed by atoms with E-state index in [0.717, 1.165) is 31.4 Å². The first-order valence-electron chi connectivity index (χ1n) is 10.1. The first-order chi connectivity index (χ1) is 12.2. The average Bonchev–Trinajstić information content (AvgIpc) is 3.02. The molecule has 0 unspecified atom stereocenters. The summed E-state index contributed by atoms with van der Waals surface area (Å²) in [6.45, 7) is 0. The molecule has 0 heterocycles. The second-order valence-electron chi connectivity index (χ2n) is 7.67. The maximum absolute atomic E-state index is 13.4. The van der Waals surface area contributed by atoms with Gasteiger partial charge >= 0.3 is 0 Å². The van der Waals surface area contributed by atoms with E-state index in [1.165, 1.54) is 63.5 Å². The van der Waals surface area contributed by atoms with Gasteiger partial charge in [-0.15, -0.1) is 0 Å². The van der Waals surface area contributed by atoms with E-state index >= 15 is 0 Å². The Hall–Kier alpha value is -1.58. The van der Waals surface area contributed by atoms with Gasteiger partial charge in [0.1, 0.15) is 5.82 Å². The first-order valence-corrected chi connectivity index (χ1v) is 10.1. The van der Waals surface area contributed by atoms with Crippen molar-refractivity contribution in [3.8, 4) is 0 Å². The van der Waals surface area contributed by atoms with Gasteiger partial charge in [0.25, 0.3) is 0 Å². The van der Waals surface area contributed by atoms with E-state index in [9.17, 15) is 4.39 Å². The van der Waals surface area contributed by atoms with E-state index in [-0.39, 0.29) is 5.82 Å². The van der Waals surface area contributed by atoms with Gasteiger partial charge < -0.3 is 10.2 Å². The second kappa shape index (κ2) is 9.21. The summed E-state index contributed by atoms with van der Waals surface area (Å²) in [5.74, 6) is 0.290. The van der Waals surface area contributed by atoms with Gasteiger partial charge in [-0.2, -0.15) is 0 Å². The van der Waals surface area contributed by atoms with Gasteiger partial charge in [-0.05, 0) is 49.9 Å². The Labute approximate surface area is 151 Å². The van der Waals surface area contributed by atoms with Gasteiger partial charge in [0.15, 0.2) is 5.96 Å². The molecule has 0 aliphatic heterocycles. The number of nitrogens with zero attached hydrogens (tertiary/aromatic N) is 1. The van der Waals surface area contributed by atoms with Crippen LogP contribution in [0.1, 0.15) is 77.0 Å². The highest BCUT2D eigenvalue weighted by Crippen LogP contribution is 2.27. The van der Waals surface area contributed by atoms with E-state index in [0.29, 0.717) is 18.0 Å². The molecule has 2 fully saturated rings. The fourth-order valence-corrected chi connectivity index (χ4v) is 4.33. The van der Waals surface area contributed by atoms with Gasteiger partial charge in [-0.25, -0.2) is 4.39 Å². The van der Waals surface area contributed by atoms with Crippen molar-refractivity contribution in [2.75, 3.05) is 4.90 Å². The molecular formula is C21H32FN3. The molecule has 0 aromatic heterocycles. The van der Waals surface area contributed by atoms with Crippen molar-refractivity contribution in [2.24, 2.45) is 0 Å². The van der Waals surface area contributed by atoms with Crippen LogP contribution in [-0.4, -0.2) is 18.0 Å². The molecule has 2 aliphatic rings. The molecule has 3 nitrogen and oxygen atoms in total. The third-order valence-corrected chi connectivity index (χ3v) is 5.73. The molecule has 2 aliphatic carbocycles. The molecule has 0 radical (unpaired) electrons. The highest BCUT2D eigenvalue weighted by Gasteiger charge is 2.25. The fourth-order valence-electron chi connectivity index (χ4n) is 4.33. The lowest BCUT2D eigenvalue weighted by Crippen LogP contribution is -2.50. The van der Waals surface area contributed by atoms with Gasteiger partial charge in [0.2, 0.25) is 0 Å². The summed E-state index contributed by atoms with van der Waals surface area (Å²) < 4.78 is 13.4. The fraction of sp³-hybridized carbons (Fsp3) is 0.667. The third kappa shape index (κ3) is 5.20. The van der Waals surface area contributed by atoms with Crippen LogP contribution < -0.4 is 10.2 Å². The summed E-state index contributed by atoms with van der Waals surface area (Å²) in [6, 6.07) is 7.42. The maximum Gasteiger partial charge on any atom is 0.196 e. The molecule has 3 rings (SSSR count). The van der Waals surface area contributed by atoms with E-state index in [1.807, 2.05) is 12.1 Å². The van der Waals surface area contributed by atoms with Crippen molar-refractivity contribution in [3.05, 3.63) is 30.1 Å². The molecule has 0 amide bonds. The Morgan fingerprint density at radius 2 is 1.36 bits per heavy atom. The number of anilines is 1. The Morgan fingerprint density at radius 3 is 1.92 bits per heavy atom. The number of benzene rings is 1. The summed E-state index contributed by atoms with van der Waals surface area (Å²) >= 11 is 0. The highest BCUT2D eigenvalue weighted by molar-refractivity contribution is 5.94. The summed E-state index contributed by atoms with van der Waals surface area (Å²) in [7, 11) is 0. The van der Waals surface area contributed by atoms with E-state index in [4.69, 9.17) is 5.41 Å². The van der Waals surface area contributed by atoms with Crippen LogP contribution in [0.4, 0.5) is 10.1 Å². The Balaban J connectivity index is 1.76. The predicted octanol–water partition coefficient (Wildman–Crippen LogP) is 5.60. The SMILES string of the molecule is N=C(NC1CCCCCC1)N(c1ccc(F)cc1)C1CCCCCC1. The summed E-state index contributed by atoms with van der Waals surface area (Å²) in [5, 5.41) is 12.3. The predicted molar refractivity (Wildman–Crippen MR) is 103 cm³/mol. The molecule has 1 aromatic carbocycles. The zero-order valence-corrected chi connectivity index (χ0v) is 15.3. The van der Waals surface area contributed by atoms with Crippen LogP contribution in [0.15, 0.2) is 24.3 Å². The van der Waals surface area contributed by atoms with Gasteiger partial charge in [0.05, 0.1) is 0 Å². The van der Waals surface area contributed by atoms with Crippen LogP contribution in [0.2, 0.25) is 0 Å². The molecule has 138 valence electrons. The first kappa shape index (κ1) is 18.2. The summed E-state index contributed by atoms with van der Waals surface area (Å²) in [5.41, 5.74) is 0.944. The molecule has 2 N–H and O–H groups in total. The summed E-state index contributed by atoms with van der Waals surface area (Å²) in [6.07, 6.45) is 14.7. The van der Waals surface area contributed by atoms with E-state index in [2.05, 4.69) is 10.2 Å². The monoisotopic (exact) mass is 345 g/mol. The number of hydrogen-bond donors (Lipinski definition) is 2. The van der Waals surface area contributed by atoms with Crippen molar-refractivity contribution in [1.29, 1.82) is 5.41 Å². The standard InChI is InChI=1S/C21H32FN3/c22-17-13-15-20(16-14-17)25(19-11-7-3-4-8-12-19)21(23)24-18-9-5-1-2-6-10-18/h13-16,18-19H,1-12H2,(H2,23,24). The van der Waals surface area contributed by atoms with Crippen molar-refractivity contribution >= 4 is 11.6 Å². The zero-order chi connectivity index (χ0) is 17.5. The number of rotatable bonds is 3. The van der Waals surface area contributed by atoms with Crippen LogP contribution in [0.3, 0.4) is 0 Å². The topological polar surface area (TPSA) is 39.1 Å². The lowest BCUT2D eigenvalue weighted by molar-refractivity contribution is 0.513. The number of halogens is 1. The molecular weight excluding hydrogens is 313 g/mol. The molecule has 25 heavy (non-hydrogen) atoms. The van der Waals surface area contributed by atoms with E-state index < -0.39 is 0 Å². The van der Waals surface area contributed by atoms with Crippen LogP contribution >= 0.6 is 0 Å². The van der Waals surface area contributed by atoms with Crippen molar-refractivity contribution in [3.63, 3.8) is 0 Å². The van der Waals surface area contributed by atoms with Crippen LogP contribution in [0.5, 0.6) is 0 Å². The Bertz CT molecular complexity index is 527. The number of guanidine groups is 1. The van der Waals surface area contributed by atoms with Crippen LogP contribution in [0, 0.1) is 11.2 Å². The molecule has 0 bridgehead atoms. The minimum atomic E-state index is -0.215. The third-order valence-electron chi connectivity index (χ3n) is 5.73. The minimum Gasteiger partial charge on any atom is -0.353 e. The minimum absolute atomic E-state index is 0.215. The molecule has 0 spiro atoms. The number of hydrogen-bond acceptors (Lipinski definition) is 1. The molecule has 4 heteroatoms. The lowest BCUT2D eigenvalue weighted by Gasteiger charge is -2.35. The Kier molecular flexibility index (Phi) is 6.71. The molecule has 0 atom stereocenters. The average molecular weight is 346 g/mol. The van der Waals surface area contributed by atoms with Crippen LogP contribution in [-0.2, 0) is 0 Å². The van der Waals surface area contributed by atoms with Gasteiger partial charge in [-0.3, -0.25) is 5.41 Å². The number of nitrogens with one attached hydrogen (secondary N) is 2. The molecule has 1 aromatic rings. The quantitative estimate of drug-likeness (QED) is 0.425. The van der Waals surface area contributed by atoms with Gasteiger partial charge in [0, 0.05) is 17.8 Å². The highest BCUT2D eigenvalue weighted by atomic mass is 19.1. The lowest BCUT2D eigenvalue weighted by atomic mass is 10.1. The Morgan fingerprint density at radius 1 is 0.840 bits per heavy atom.